The third kappa shape index (κ3) is 3.69. The number of nitrogens with one attached hydrogen (secondary N) is 2. The number of benzene rings is 1. The normalized spacial score (nSPS) is 14.4. The zero-order valence-corrected chi connectivity index (χ0v) is 11.0. The number of urea groups is 1. The summed E-state index contributed by atoms with van der Waals surface area (Å²) in [6.07, 6.45) is 4.62. The van der Waals surface area contributed by atoms with Crippen LogP contribution in [0.2, 0.25) is 0 Å². The summed E-state index contributed by atoms with van der Waals surface area (Å²) in [4.78, 5) is 22.6. The van der Waals surface area contributed by atoms with Crippen LogP contribution in [0.5, 0.6) is 0 Å². The monoisotopic (exact) mass is 280 g/mol. The zero-order chi connectivity index (χ0) is 14.5. The Labute approximate surface area is 116 Å². The maximum atomic E-state index is 13.0. The number of anilines is 1. The molecule has 1 fully saturated rings. The second-order valence-corrected chi connectivity index (χ2v) is 4.96. The first-order valence-electron chi connectivity index (χ1n) is 6.64. The molecule has 20 heavy (non-hydrogen) atoms. The molecule has 0 aromatic heterocycles. The molecule has 2 amide bonds. The standard InChI is InChI=1S/C14H17FN2O3/c15-10-4-5-12(11(8-10)13(18)19)17-14(20)16-7-6-9-2-1-3-9/h4-5,8-9H,1-3,6-7H2,(H,18,19)(H2,16,17,20). The summed E-state index contributed by atoms with van der Waals surface area (Å²) < 4.78 is 13.0. The molecule has 108 valence electrons. The van der Waals surface area contributed by atoms with Crippen LogP contribution in [0.3, 0.4) is 0 Å². The van der Waals surface area contributed by atoms with Crippen LogP contribution in [-0.4, -0.2) is 23.7 Å². The zero-order valence-electron chi connectivity index (χ0n) is 11.0. The van der Waals surface area contributed by atoms with Gasteiger partial charge in [-0.05, 0) is 30.5 Å². The maximum absolute atomic E-state index is 13.0. The van der Waals surface area contributed by atoms with Gasteiger partial charge in [0.2, 0.25) is 0 Å². The van der Waals surface area contributed by atoms with Gasteiger partial charge < -0.3 is 15.7 Å². The van der Waals surface area contributed by atoms with Crippen molar-refractivity contribution in [3.8, 4) is 0 Å². The van der Waals surface area contributed by atoms with E-state index in [9.17, 15) is 14.0 Å². The number of halogens is 1. The topological polar surface area (TPSA) is 78.4 Å². The van der Waals surface area contributed by atoms with Crippen LogP contribution in [0, 0.1) is 11.7 Å². The number of aromatic carboxylic acids is 1. The minimum atomic E-state index is -1.28. The average molecular weight is 280 g/mol. The third-order valence-corrected chi connectivity index (χ3v) is 3.52. The number of carboxylic acid groups (broad SMARTS) is 1. The Balaban J connectivity index is 1.88. The van der Waals surface area contributed by atoms with Gasteiger partial charge in [-0.1, -0.05) is 19.3 Å². The maximum Gasteiger partial charge on any atom is 0.337 e. The van der Waals surface area contributed by atoms with E-state index in [2.05, 4.69) is 10.6 Å². The Morgan fingerprint density at radius 2 is 2.10 bits per heavy atom. The van der Waals surface area contributed by atoms with E-state index < -0.39 is 17.8 Å². The predicted molar refractivity (Wildman–Crippen MR) is 72.3 cm³/mol. The van der Waals surface area contributed by atoms with Crippen LogP contribution in [-0.2, 0) is 0 Å². The van der Waals surface area contributed by atoms with Crippen molar-refractivity contribution in [1.29, 1.82) is 0 Å². The van der Waals surface area contributed by atoms with Crippen molar-refractivity contribution in [2.45, 2.75) is 25.7 Å². The summed E-state index contributed by atoms with van der Waals surface area (Å²) >= 11 is 0. The smallest absolute Gasteiger partial charge is 0.337 e. The summed E-state index contributed by atoms with van der Waals surface area (Å²) in [7, 11) is 0. The van der Waals surface area contributed by atoms with E-state index in [-0.39, 0.29) is 11.3 Å². The van der Waals surface area contributed by atoms with Crippen molar-refractivity contribution >= 4 is 17.7 Å². The highest BCUT2D eigenvalue weighted by molar-refractivity contribution is 5.99. The molecule has 0 aliphatic heterocycles. The number of carbonyl (C=O) groups excluding carboxylic acids is 1. The molecule has 0 saturated heterocycles. The van der Waals surface area contributed by atoms with Gasteiger partial charge in [0.25, 0.3) is 0 Å². The third-order valence-electron chi connectivity index (χ3n) is 3.52. The van der Waals surface area contributed by atoms with Crippen LogP contribution >= 0.6 is 0 Å². The van der Waals surface area contributed by atoms with Crippen molar-refractivity contribution in [2.24, 2.45) is 5.92 Å². The minimum Gasteiger partial charge on any atom is -0.478 e. The van der Waals surface area contributed by atoms with Crippen molar-refractivity contribution in [3.05, 3.63) is 29.6 Å². The van der Waals surface area contributed by atoms with Crippen LogP contribution in [0.25, 0.3) is 0 Å². The molecular formula is C14H17FN2O3. The average Bonchev–Trinajstić information content (AvgIpc) is 2.34. The summed E-state index contributed by atoms with van der Waals surface area (Å²) in [6, 6.07) is 2.76. The lowest BCUT2D eigenvalue weighted by molar-refractivity contribution is 0.0697. The van der Waals surface area contributed by atoms with Crippen LogP contribution in [0.4, 0.5) is 14.9 Å². The van der Waals surface area contributed by atoms with Gasteiger partial charge in [0.1, 0.15) is 5.82 Å². The molecule has 1 aromatic rings. The highest BCUT2D eigenvalue weighted by atomic mass is 19.1. The summed E-state index contributed by atoms with van der Waals surface area (Å²) in [5, 5.41) is 14.1. The highest BCUT2D eigenvalue weighted by Gasteiger charge is 2.17. The molecule has 0 atom stereocenters. The van der Waals surface area contributed by atoms with E-state index in [1.165, 1.54) is 25.3 Å². The molecular weight excluding hydrogens is 263 g/mol. The number of hydrogen-bond donors (Lipinski definition) is 3. The molecule has 0 unspecified atom stereocenters. The predicted octanol–water partition coefficient (Wildman–Crippen LogP) is 2.84. The van der Waals surface area contributed by atoms with Gasteiger partial charge >= 0.3 is 12.0 Å². The van der Waals surface area contributed by atoms with E-state index in [1.807, 2.05) is 0 Å². The number of carboxylic acids is 1. The Kier molecular flexibility index (Phi) is 4.55. The molecule has 2 rings (SSSR count). The molecule has 0 spiro atoms. The van der Waals surface area contributed by atoms with Crippen LogP contribution in [0.15, 0.2) is 18.2 Å². The molecule has 1 saturated carbocycles. The first-order valence-corrected chi connectivity index (χ1v) is 6.64. The molecule has 1 aliphatic carbocycles. The van der Waals surface area contributed by atoms with Gasteiger partial charge in [-0.2, -0.15) is 0 Å². The fraction of sp³-hybridized carbons (Fsp3) is 0.429. The largest absolute Gasteiger partial charge is 0.478 e. The summed E-state index contributed by atoms with van der Waals surface area (Å²) in [5.74, 6) is -1.25. The van der Waals surface area contributed by atoms with Gasteiger partial charge in [0.15, 0.2) is 0 Å². The fourth-order valence-electron chi connectivity index (χ4n) is 2.14. The van der Waals surface area contributed by atoms with E-state index in [4.69, 9.17) is 5.11 Å². The van der Waals surface area contributed by atoms with Gasteiger partial charge in [0.05, 0.1) is 11.3 Å². The van der Waals surface area contributed by atoms with Crippen LogP contribution < -0.4 is 10.6 Å². The second-order valence-electron chi connectivity index (χ2n) is 4.96. The van der Waals surface area contributed by atoms with Crippen molar-refractivity contribution in [2.75, 3.05) is 11.9 Å². The minimum absolute atomic E-state index is 0.0834. The Bertz CT molecular complexity index is 515. The van der Waals surface area contributed by atoms with Gasteiger partial charge in [-0.3, -0.25) is 0 Å². The lowest BCUT2D eigenvalue weighted by atomic mass is 9.83. The Hall–Kier alpha value is -2.11. The van der Waals surface area contributed by atoms with Gasteiger partial charge in [-0.25, -0.2) is 14.0 Å². The van der Waals surface area contributed by atoms with E-state index in [0.29, 0.717) is 12.5 Å². The van der Waals surface area contributed by atoms with Gasteiger partial charge in [0, 0.05) is 6.54 Å². The Morgan fingerprint density at radius 3 is 2.70 bits per heavy atom. The van der Waals surface area contributed by atoms with Crippen LogP contribution in [0.1, 0.15) is 36.0 Å². The fourth-order valence-corrected chi connectivity index (χ4v) is 2.14. The van der Waals surface area contributed by atoms with Crippen molar-refractivity contribution in [1.82, 2.24) is 5.32 Å². The summed E-state index contributed by atoms with van der Waals surface area (Å²) in [5.41, 5.74) is -0.181. The van der Waals surface area contributed by atoms with Gasteiger partial charge in [-0.15, -0.1) is 0 Å². The van der Waals surface area contributed by atoms with E-state index in [1.54, 1.807) is 0 Å². The molecule has 3 N–H and O–H groups in total. The molecule has 0 bridgehead atoms. The number of hydrogen-bond acceptors (Lipinski definition) is 2. The second kappa shape index (κ2) is 6.36. The molecule has 0 radical (unpaired) electrons. The first-order chi connectivity index (χ1) is 9.56. The highest BCUT2D eigenvalue weighted by Crippen LogP contribution is 2.28. The van der Waals surface area contributed by atoms with E-state index >= 15 is 0 Å². The Morgan fingerprint density at radius 1 is 1.35 bits per heavy atom. The molecule has 0 heterocycles. The molecule has 5 nitrogen and oxygen atoms in total. The number of rotatable bonds is 5. The quantitative estimate of drug-likeness (QED) is 0.776. The molecule has 1 aromatic carbocycles. The van der Waals surface area contributed by atoms with Crippen molar-refractivity contribution in [3.63, 3.8) is 0 Å². The lowest BCUT2D eigenvalue weighted by Gasteiger charge is -2.25. The van der Waals surface area contributed by atoms with E-state index in [0.717, 1.165) is 18.6 Å². The molecule has 1 aliphatic rings. The molecule has 6 heteroatoms. The number of carbonyl (C=O) groups is 2. The summed E-state index contributed by atoms with van der Waals surface area (Å²) in [6.45, 7) is 0.556. The SMILES string of the molecule is O=C(NCCC1CCC1)Nc1ccc(F)cc1C(=O)O. The first kappa shape index (κ1) is 14.3. The number of amides is 2. The van der Waals surface area contributed by atoms with Crippen molar-refractivity contribution < 1.29 is 19.1 Å². The lowest BCUT2D eigenvalue weighted by Crippen LogP contribution is -2.31.